The molecule has 0 radical (unpaired) electrons. The molecule has 5 heterocycles. The maximum atomic E-state index is 13.8. The number of amides is 2. The molecule has 4 atom stereocenters. The van der Waals surface area contributed by atoms with Crippen molar-refractivity contribution >= 4 is 17.8 Å². The molecule has 0 saturated carbocycles. The first-order valence-electron chi connectivity index (χ1n) is 15.1. The van der Waals surface area contributed by atoms with Crippen molar-refractivity contribution < 1.29 is 23.8 Å². The van der Waals surface area contributed by atoms with Gasteiger partial charge < -0.3 is 24.8 Å². The van der Waals surface area contributed by atoms with Gasteiger partial charge in [0.05, 0.1) is 31.7 Å². The van der Waals surface area contributed by atoms with Crippen molar-refractivity contribution in [2.75, 3.05) is 20.3 Å². The Morgan fingerprint density at radius 3 is 2.64 bits per heavy atom. The number of carbonyl (C=O) groups excluding carboxylic acids is 2. The zero-order valence-corrected chi connectivity index (χ0v) is 25.0. The Balaban J connectivity index is 1.42. The molecule has 9 nitrogen and oxygen atoms in total. The molecular weight excluding hydrogens is 532 g/mol. The molecule has 4 unspecified atom stereocenters. The van der Waals surface area contributed by atoms with Crippen LogP contribution in [0.4, 0.5) is 0 Å². The van der Waals surface area contributed by atoms with Crippen molar-refractivity contribution in [2.24, 2.45) is 5.92 Å². The first-order chi connectivity index (χ1) is 20.1. The van der Waals surface area contributed by atoms with Crippen LogP contribution in [0.25, 0.3) is 0 Å². The topological polar surface area (TPSA) is 113 Å². The summed E-state index contributed by atoms with van der Waals surface area (Å²) in [5.74, 6) is 1.02. The average molecular weight is 575 g/mol. The molecule has 7 rings (SSSR count). The number of ether oxygens (including phenoxy) is 3. The van der Waals surface area contributed by atoms with Crippen molar-refractivity contribution in [3.63, 3.8) is 0 Å². The van der Waals surface area contributed by atoms with Gasteiger partial charge in [0.2, 0.25) is 5.91 Å². The molecule has 9 heteroatoms. The van der Waals surface area contributed by atoms with Gasteiger partial charge in [-0.3, -0.25) is 19.9 Å². The number of benzene rings is 2. The monoisotopic (exact) mass is 574 g/mol. The number of fused-ring (bicyclic) bond motifs is 7. The van der Waals surface area contributed by atoms with Crippen molar-refractivity contribution in [1.82, 2.24) is 15.5 Å². The Morgan fingerprint density at radius 1 is 1.05 bits per heavy atom. The van der Waals surface area contributed by atoms with E-state index in [-0.39, 0.29) is 29.7 Å². The Kier molecular flexibility index (Phi) is 7.41. The quantitative estimate of drug-likeness (QED) is 0.463. The lowest BCUT2D eigenvalue weighted by Crippen LogP contribution is -2.63. The highest BCUT2D eigenvalue weighted by Gasteiger charge is 2.46. The van der Waals surface area contributed by atoms with E-state index in [1.54, 1.807) is 24.1 Å². The van der Waals surface area contributed by atoms with Crippen LogP contribution >= 0.6 is 0 Å². The van der Waals surface area contributed by atoms with Gasteiger partial charge in [-0.1, -0.05) is 25.0 Å². The third kappa shape index (κ3) is 5.46. The first kappa shape index (κ1) is 28.5. The fraction of sp³-hybridized carbons (Fsp3) is 0.545. The van der Waals surface area contributed by atoms with Crippen LogP contribution < -0.4 is 20.1 Å². The first-order valence-corrected chi connectivity index (χ1v) is 15.1. The number of hydrogen-bond donors (Lipinski definition) is 3. The van der Waals surface area contributed by atoms with E-state index in [4.69, 9.17) is 19.6 Å². The van der Waals surface area contributed by atoms with Crippen LogP contribution in [0.1, 0.15) is 98.4 Å². The van der Waals surface area contributed by atoms with Gasteiger partial charge >= 0.3 is 0 Å². The second kappa shape index (κ2) is 10.9. The molecule has 0 aromatic heterocycles. The Bertz CT molecular complexity index is 1390. The summed E-state index contributed by atoms with van der Waals surface area (Å²) in [5, 5.41) is 15.7. The molecule has 2 aromatic rings. The summed E-state index contributed by atoms with van der Waals surface area (Å²) in [6.07, 6.45) is 5.67. The van der Waals surface area contributed by atoms with Crippen molar-refractivity contribution in [2.45, 2.75) is 88.9 Å². The minimum absolute atomic E-state index is 0.0912. The number of nitrogens with one attached hydrogen (secondary N) is 3. The van der Waals surface area contributed by atoms with Crippen LogP contribution in [-0.2, 0) is 16.0 Å². The van der Waals surface area contributed by atoms with Gasteiger partial charge in [0, 0.05) is 41.7 Å². The fourth-order valence-corrected chi connectivity index (χ4v) is 7.13. The summed E-state index contributed by atoms with van der Waals surface area (Å²) in [6.45, 7) is 6.83. The normalized spacial score (nSPS) is 28.8. The largest absolute Gasteiger partial charge is 0.493 e. The SMILES string of the molecule is COCC1COc2ccc3cc2C1N1C(=N)NC(C)(CCCCCc2ccc4c(c2)C(CC(C)(C)O4)NC3=O)CC1=O. The highest BCUT2D eigenvalue weighted by molar-refractivity contribution is 6.00. The van der Waals surface area contributed by atoms with E-state index >= 15 is 0 Å². The Hall–Kier alpha value is -3.59. The van der Waals surface area contributed by atoms with Crippen LogP contribution in [0.2, 0.25) is 0 Å². The smallest absolute Gasteiger partial charge is 0.251 e. The number of rotatable bonds is 2. The van der Waals surface area contributed by atoms with Gasteiger partial charge in [0.1, 0.15) is 17.1 Å². The summed E-state index contributed by atoms with van der Waals surface area (Å²) >= 11 is 0. The lowest BCUT2D eigenvalue weighted by Gasteiger charge is -2.47. The van der Waals surface area contributed by atoms with Crippen LogP contribution in [0.15, 0.2) is 36.4 Å². The van der Waals surface area contributed by atoms with Gasteiger partial charge in [-0.05, 0) is 69.9 Å². The zero-order chi connectivity index (χ0) is 29.6. The van der Waals surface area contributed by atoms with Crippen LogP contribution in [0, 0.1) is 11.3 Å². The average Bonchev–Trinajstić information content (AvgIpc) is 2.92. The van der Waals surface area contributed by atoms with Gasteiger partial charge in [-0.25, -0.2) is 0 Å². The van der Waals surface area contributed by atoms with Crippen LogP contribution in [0.3, 0.4) is 0 Å². The minimum Gasteiger partial charge on any atom is -0.493 e. The molecule has 1 fully saturated rings. The Morgan fingerprint density at radius 2 is 1.86 bits per heavy atom. The standard InChI is InChI=1S/C33H42N4O5/c1-32(2)16-25-23-14-20(9-11-27(23)42-32)8-6-5-7-13-33(3)17-28(38)37(31(34)36-33)29-22(18-40-4)19-41-26-12-10-21(15-24(26)29)30(39)35-25/h9-12,14-15,22,25,29H,5-8,13,16-19H2,1-4H3,(H2,34,36)(H,35,39). The van der Waals surface area contributed by atoms with E-state index in [1.807, 2.05) is 32.9 Å². The van der Waals surface area contributed by atoms with E-state index < -0.39 is 17.2 Å². The predicted octanol–water partition coefficient (Wildman–Crippen LogP) is 5.05. The van der Waals surface area contributed by atoms with E-state index in [0.717, 1.165) is 43.4 Å². The molecule has 2 aromatic carbocycles. The van der Waals surface area contributed by atoms with Crippen LogP contribution in [-0.4, -0.2) is 54.1 Å². The number of carbonyl (C=O) groups is 2. The fourth-order valence-electron chi connectivity index (χ4n) is 7.13. The number of nitrogens with zero attached hydrogens (tertiary/aromatic N) is 1. The minimum atomic E-state index is -0.495. The lowest BCUT2D eigenvalue weighted by atomic mass is 9.84. The van der Waals surface area contributed by atoms with E-state index in [2.05, 4.69) is 22.8 Å². The molecule has 5 aliphatic heterocycles. The predicted molar refractivity (Wildman–Crippen MR) is 159 cm³/mol. The zero-order valence-electron chi connectivity index (χ0n) is 25.0. The molecule has 0 spiro atoms. The summed E-state index contributed by atoms with van der Waals surface area (Å²) in [6, 6.07) is 11.0. The van der Waals surface area contributed by atoms with Crippen LogP contribution in [0.5, 0.6) is 11.5 Å². The van der Waals surface area contributed by atoms with Gasteiger partial charge in [0.15, 0.2) is 5.96 Å². The van der Waals surface area contributed by atoms with E-state index in [1.165, 1.54) is 5.56 Å². The van der Waals surface area contributed by atoms with E-state index in [0.29, 0.717) is 42.9 Å². The summed E-state index contributed by atoms with van der Waals surface area (Å²) in [5.41, 5.74) is 2.52. The molecular formula is C33H42N4O5. The number of guanidine groups is 1. The molecule has 0 aliphatic carbocycles. The maximum absolute atomic E-state index is 13.8. The lowest BCUT2D eigenvalue weighted by molar-refractivity contribution is -0.134. The number of aryl methyl sites for hydroxylation is 1. The van der Waals surface area contributed by atoms with Gasteiger partial charge in [0.25, 0.3) is 5.91 Å². The third-order valence-corrected chi connectivity index (χ3v) is 9.15. The molecule has 42 heavy (non-hydrogen) atoms. The van der Waals surface area contributed by atoms with Gasteiger partial charge in [-0.15, -0.1) is 0 Å². The maximum Gasteiger partial charge on any atom is 0.251 e. The summed E-state index contributed by atoms with van der Waals surface area (Å²) < 4.78 is 17.9. The number of hydrogen-bond acceptors (Lipinski definition) is 6. The molecule has 2 amide bonds. The highest BCUT2D eigenvalue weighted by Crippen LogP contribution is 2.43. The molecule has 5 aliphatic rings. The molecule has 224 valence electrons. The summed E-state index contributed by atoms with van der Waals surface area (Å²) in [4.78, 5) is 29.2. The van der Waals surface area contributed by atoms with Crippen molar-refractivity contribution in [3.05, 3.63) is 58.7 Å². The summed E-state index contributed by atoms with van der Waals surface area (Å²) in [7, 11) is 1.63. The van der Waals surface area contributed by atoms with Gasteiger partial charge in [-0.2, -0.15) is 0 Å². The van der Waals surface area contributed by atoms with Crippen molar-refractivity contribution in [1.29, 1.82) is 5.41 Å². The number of methoxy groups -OCH3 is 1. The Labute approximate surface area is 247 Å². The third-order valence-electron chi connectivity index (χ3n) is 9.15. The highest BCUT2D eigenvalue weighted by atomic mass is 16.5. The molecule has 6 bridgehead atoms. The second-order valence-electron chi connectivity index (χ2n) is 13.2. The second-order valence-corrected chi connectivity index (χ2v) is 13.2. The molecule has 3 N–H and O–H groups in total. The molecule has 1 saturated heterocycles. The van der Waals surface area contributed by atoms with E-state index in [9.17, 15) is 9.59 Å². The van der Waals surface area contributed by atoms with Crippen molar-refractivity contribution in [3.8, 4) is 11.5 Å².